The van der Waals surface area contributed by atoms with Crippen molar-refractivity contribution in [2.75, 3.05) is 6.61 Å². The molecule has 0 N–H and O–H groups in total. The lowest BCUT2D eigenvalue weighted by Crippen LogP contribution is -2.41. The van der Waals surface area contributed by atoms with Crippen molar-refractivity contribution >= 4 is 17.9 Å². The molecule has 130 valence electrons. The summed E-state index contributed by atoms with van der Waals surface area (Å²) in [5, 5.41) is 0. The van der Waals surface area contributed by atoms with Crippen LogP contribution in [0.4, 0.5) is 0 Å². The topological polar surface area (TPSA) is 78.9 Å². The third-order valence-corrected chi connectivity index (χ3v) is 3.94. The van der Waals surface area contributed by atoms with Gasteiger partial charge in [-0.05, 0) is 34.1 Å². The first-order chi connectivity index (χ1) is 10.5. The van der Waals surface area contributed by atoms with E-state index in [1.54, 1.807) is 27.7 Å². The second-order valence-corrected chi connectivity index (χ2v) is 6.87. The molecule has 0 aromatic carbocycles. The highest BCUT2D eigenvalue weighted by atomic mass is 16.6. The Morgan fingerprint density at radius 2 is 1.96 bits per heavy atom. The SMILES string of the molecule is C=C(C)C(=O)OC(C)(C)CC(C)(CC)C(=O)OC1CCOC1=O. The molecule has 1 fully saturated rings. The van der Waals surface area contributed by atoms with Gasteiger partial charge in [-0.1, -0.05) is 13.5 Å². The lowest BCUT2D eigenvalue weighted by atomic mass is 9.77. The highest BCUT2D eigenvalue weighted by molar-refractivity contribution is 5.87. The molecule has 6 nitrogen and oxygen atoms in total. The Morgan fingerprint density at radius 3 is 2.39 bits per heavy atom. The first-order valence-electron chi connectivity index (χ1n) is 7.77. The smallest absolute Gasteiger partial charge is 0.347 e. The molecule has 0 spiro atoms. The predicted octanol–water partition coefficient (Wildman–Crippen LogP) is 2.55. The molecule has 1 saturated heterocycles. The normalized spacial score (nSPS) is 20.4. The van der Waals surface area contributed by atoms with E-state index in [0.29, 0.717) is 18.4 Å². The molecule has 2 unspecified atom stereocenters. The first kappa shape index (κ1) is 19.2. The minimum Gasteiger partial charge on any atom is -0.463 e. The van der Waals surface area contributed by atoms with Crippen molar-refractivity contribution < 1.29 is 28.6 Å². The van der Waals surface area contributed by atoms with E-state index in [9.17, 15) is 14.4 Å². The van der Waals surface area contributed by atoms with E-state index in [-0.39, 0.29) is 13.0 Å². The summed E-state index contributed by atoms with van der Waals surface area (Å²) in [4.78, 5) is 35.7. The van der Waals surface area contributed by atoms with Gasteiger partial charge in [0.15, 0.2) is 0 Å². The van der Waals surface area contributed by atoms with Crippen LogP contribution in [0.5, 0.6) is 0 Å². The van der Waals surface area contributed by atoms with Crippen LogP contribution in [0.25, 0.3) is 0 Å². The Morgan fingerprint density at radius 1 is 1.35 bits per heavy atom. The number of hydrogen-bond acceptors (Lipinski definition) is 6. The third-order valence-electron chi connectivity index (χ3n) is 3.94. The molecular weight excluding hydrogens is 300 g/mol. The second kappa shape index (κ2) is 7.15. The average molecular weight is 326 g/mol. The molecule has 0 aromatic heterocycles. The molecule has 0 bridgehead atoms. The number of carbonyl (C=O) groups is 3. The van der Waals surface area contributed by atoms with Crippen molar-refractivity contribution in [2.45, 2.75) is 65.6 Å². The van der Waals surface area contributed by atoms with E-state index >= 15 is 0 Å². The maximum Gasteiger partial charge on any atom is 0.347 e. The van der Waals surface area contributed by atoms with Gasteiger partial charge in [-0.25, -0.2) is 9.59 Å². The maximum absolute atomic E-state index is 12.5. The summed E-state index contributed by atoms with van der Waals surface area (Å²) >= 11 is 0. The van der Waals surface area contributed by atoms with Crippen molar-refractivity contribution in [3.05, 3.63) is 12.2 Å². The summed E-state index contributed by atoms with van der Waals surface area (Å²) in [7, 11) is 0. The number of carbonyl (C=O) groups excluding carboxylic acids is 3. The van der Waals surface area contributed by atoms with Crippen molar-refractivity contribution in [2.24, 2.45) is 5.41 Å². The Bertz CT molecular complexity index is 507. The number of ether oxygens (including phenoxy) is 3. The van der Waals surface area contributed by atoms with Gasteiger partial charge in [-0.15, -0.1) is 0 Å². The third kappa shape index (κ3) is 5.08. The summed E-state index contributed by atoms with van der Waals surface area (Å²) < 4.78 is 15.5. The number of esters is 3. The van der Waals surface area contributed by atoms with E-state index in [2.05, 4.69) is 6.58 Å². The quantitative estimate of drug-likeness (QED) is 0.406. The Hall–Kier alpha value is -1.85. The fourth-order valence-corrected chi connectivity index (χ4v) is 2.51. The largest absolute Gasteiger partial charge is 0.463 e. The maximum atomic E-state index is 12.5. The zero-order valence-corrected chi connectivity index (χ0v) is 14.6. The molecule has 23 heavy (non-hydrogen) atoms. The molecule has 1 heterocycles. The minimum absolute atomic E-state index is 0.265. The zero-order valence-electron chi connectivity index (χ0n) is 14.6. The summed E-state index contributed by atoms with van der Waals surface area (Å²) in [5.41, 5.74) is -1.44. The molecule has 6 heteroatoms. The van der Waals surface area contributed by atoms with Crippen molar-refractivity contribution in [3.63, 3.8) is 0 Å². The molecule has 1 aliphatic heterocycles. The predicted molar refractivity (Wildman–Crippen MR) is 83.5 cm³/mol. The van der Waals surface area contributed by atoms with Gasteiger partial charge in [-0.2, -0.15) is 0 Å². The van der Waals surface area contributed by atoms with Gasteiger partial charge in [-0.3, -0.25) is 4.79 Å². The summed E-state index contributed by atoms with van der Waals surface area (Å²) in [6, 6.07) is 0. The van der Waals surface area contributed by atoms with E-state index in [1.165, 1.54) is 0 Å². The van der Waals surface area contributed by atoms with Gasteiger partial charge < -0.3 is 14.2 Å². The number of hydrogen-bond donors (Lipinski definition) is 0. The Balaban J connectivity index is 2.78. The second-order valence-electron chi connectivity index (χ2n) is 6.87. The van der Waals surface area contributed by atoms with Crippen LogP contribution in [0.15, 0.2) is 12.2 Å². The minimum atomic E-state index is -0.873. The van der Waals surface area contributed by atoms with Crippen molar-refractivity contribution in [1.29, 1.82) is 0 Å². The molecular formula is C17H26O6. The van der Waals surface area contributed by atoms with Gasteiger partial charge in [0.25, 0.3) is 0 Å². The Labute approximate surface area is 137 Å². The molecule has 2 atom stereocenters. The highest BCUT2D eigenvalue weighted by Gasteiger charge is 2.43. The van der Waals surface area contributed by atoms with Crippen LogP contribution in [-0.4, -0.2) is 36.2 Å². The van der Waals surface area contributed by atoms with Crippen LogP contribution in [0, 0.1) is 5.41 Å². The van der Waals surface area contributed by atoms with Gasteiger partial charge in [0.05, 0.1) is 12.0 Å². The monoisotopic (exact) mass is 326 g/mol. The summed E-state index contributed by atoms with van der Waals surface area (Å²) in [6.45, 7) is 12.4. The van der Waals surface area contributed by atoms with Crippen molar-refractivity contribution in [3.8, 4) is 0 Å². The lowest BCUT2D eigenvalue weighted by Gasteiger charge is -2.35. The molecule has 0 amide bonds. The van der Waals surface area contributed by atoms with E-state index in [4.69, 9.17) is 14.2 Å². The molecule has 1 aliphatic rings. The summed E-state index contributed by atoms with van der Waals surface area (Å²) in [5.74, 6) is -1.49. The standard InChI is InChI=1S/C17H26O6/c1-7-17(6,10-16(4,5)23-13(18)11(2)3)15(20)22-12-8-9-21-14(12)19/h12H,2,7-10H2,1,3-6H3. The number of rotatable bonds is 7. The fourth-order valence-electron chi connectivity index (χ4n) is 2.51. The molecule has 0 aliphatic carbocycles. The Kier molecular flexibility index (Phi) is 5.97. The van der Waals surface area contributed by atoms with Crippen LogP contribution in [-0.2, 0) is 28.6 Å². The van der Waals surface area contributed by atoms with Crippen LogP contribution in [0.3, 0.4) is 0 Å². The highest BCUT2D eigenvalue weighted by Crippen LogP contribution is 2.36. The molecule has 0 saturated carbocycles. The molecule has 0 aromatic rings. The average Bonchev–Trinajstić information content (AvgIpc) is 2.82. The number of cyclic esters (lactones) is 1. The lowest BCUT2D eigenvalue weighted by molar-refractivity contribution is -0.173. The fraction of sp³-hybridized carbons (Fsp3) is 0.706. The van der Waals surface area contributed by atoms with Crippen LogP contribution in [0.1, 0.15) is 53.9 Å². The van der Waals surface area contributed by atoms with E-state index in [0.717, 1.165) is 0 Å². The van der Waals surface area contributed by atoms with E-state index < -0.39 is 35.0 Å². The van der Waals surface area contributed by atoms with Crippen LogP contribution in [0.2, 0.25) is 0 Å². The zero-order chi connectivity index (χ0) is 17.8. The van der Waals surface area contributed by atoms with Crippen LogP contribution < -0.4 is 0 Å². The summed E-state index contributed by atoms with van der Waals surface area (Å²) in [6.07, 6.45) is 0.297. The van der Waals surface area contributed by atoms with E-state index in [1.807, 2.05) is 6.92 Å². The van der Waals surface area contributed by atoms with Gasteiger partial charge >= 0.3 is 17.9 Å². The molecule has 0 radical (unpaired) electrons. The van der Waals surface area contributed by atoms with Crippen molar-refractivity contribution in [1.82, 2.24) is 0 Å². The first-order valence-corrected chi connectivity index (χ1v) is 7.77. The van der Waals surface area contributed by atoms with Crippen LogP contribution >= 0.6 is 0 Å². The van der Waals surface area contributed by atoms with Gasteiger partial charge in [0.1, 0.15) is 5.60 Å². The van der Waals surface area contributed by atoms with Gasteiger partial charge in [0.2, 0.25) is 6.10 Å². The molecule has 1 rings (SSSR count). The van der Waals surface area contributed by atoms with Gasteiger partial charge in [0, 0.05) is 18.4 Å².